The van der Waals surface area contributed by atoms with Crippen molar-refractivity contribution in [3.8, 4) is 0 Å². The van der Waals surface area contributed by atoms with Crippen molar-refractivity contribution >= 4 is 28.3 Å². The number of nitrogens with one attached hydrogen (secondary N) is 1. The van der Waals surface area contributed by atoms with Crippen LogP contribution in [-0.2, 0) is 19.1 Å². The minimum absolute atomic E-state index is 0.0711. The van der Waals surface area contributed by atoms with Crippen molar-refractivity contribution < 1.29 is 19.1 Å². The van der Waals surface area contributed by atoms with Crippen LogP contribution in [0.15, 0.2) is 11.6 Å². The van der Waals surface area contributed by atoms with Crippen LogP contribution in [0.5, 0.6) is 0 Å². The zero-order chi connectivity index (χ0) is 17.4. The maximum atomic E-state index is 12.5. The van der Waals surface area contributed by atoms with Gasteiger partial charge in [0.05, 0.1) is 19.1 Å². The molecule has 1 aliphatic rings. The number of hydrogen-bond donors (Lipinski definition) is 1. The minimum Gasteiger partial charge on any atom is -0.379 e. The number of amides is 2. The smallest absolute Gasteiger partial charge is 0.251 e. The zero-order valence-corrected chi connectivity index (χ0v) is 15.0. The van der Waals surface area contributed by atoms with Gasteiger partial charge in [-0.1, -0.05) is 0 Å². The molecule has 1 saturated heterocycles. The Hall–Kier alpha value is -1.51. The molecule has 0 aliphatic carbocycles. The summed E-state index contributed by atoms with van der Waals surface area (Å²) in [6.07, 6.45) is 2.72. The molecule has 1 aliphatic heterocycles. The molecule has 2 heterocycles. The lowest BCUT2D eigenvalue weighted by Crippen LogP contribution is -2.47. The van der Waals surface area contributed by atoms with E-state index in [9.17, 15) is 9.59 Å². The Balaban J connectivity index is 1.80. The van der Waals surface area contributed by atoms with Crippen LogP contribution in [0.1, 0.15) is 26.7 Å². The van der Waals surface area contributed by atoms with E-state index in [2.05, 4.69) is 10.3 Å². The Labute approximate surface area is 146 Å². The maximum absolute atomic E-state index is 12.5. The number of aromatic nitrogens is 1. The highest BCUT2D eigenvalue weighted by molar-refractivity contribution is 7.13. The number of anilines is 1. The monoisotopic (exact) mass is 355 g/mol. The Bertz CT molecular complexity index is 523. The maximum Gasteiger partial charge on any atom is 0.251 e. The van der Waals surface area contributed by atoms with Crippen molar-refractivity contribution in [1.29, 1.82) is 0 Å². The van der Waals surface area contributed by atoms with Crippen molar-refractivity contribution in [3.05, 3.63) is 11.6 Å². The molecule has 7 nitrogen and oxygen atoms in total. The van der Waals surface area contributed by atoms with E-state index in [4.69, 9.17) is 9.47 Å². The minimum atomic E-state index is -0.522. The number of hydrogen-bond acceptors (Lipinski definition) is 6. The first kappa shape index (κ1) is 18.8. The third kappa shape index (κ3) is 5.54. The first-order valence-corrected chi connectivity index (χ1v) is 9.18. The molecule has 2 amide bonds. The molecule has 1 aromatic heterocycles. The molecule has 0 bridgehead atoms. The van der Waals surface area contributed by atoms with Crippen LogP contribution in [0.25, 0.3) is 0 Å². The summed E-state index contributed by atoms with van der Waals surface area (Å²) in [4.78, 5) is 30.6. The summed E-state index contributed by atoms with van der Waals surface area (Å²) in [5.74, 6) is -0.354. The van der Waals surface area contributed by atoms with E-state index in [-0.39, 0.29) is 17.7 Å². The van der Waals surface area contributed by atoms with E-state index in [1.165, 1.54) is 11.3 Å². The number of likely N-dealkylation sites (tertiary alicyclic amines) is 1. The fourth-order valence-electron chi connectivity index (χ4n) is 2.64. The van der Waals surface area contributed by atoms with Crippen LogP contribution in [0.4, 0.5) is 5.13 Å². The number of nitrogens with zero attached hydrogens (tertiary/aromatic N) is 2. The second-order valence-corrected chi connectivity index (χ2v) is 6.55. The number of carbonyl (C=O) groups excluding carboxylic acids is 2. The van der Waals surface area contributed by atoms with Gasteiger partial charge in [0, 0.05) is 31.3 Å². The predicted molar refractivity (Wildman–Crippen MR) is 92.0 cm³/mol. The van der Waals surface area contributed by atoms with E-state index < -0.39 is 6.10 Å². The van der Waals surface area contributed by atoms with Gasteiger partial charge >= 0.3 is 0 Å². The van der Waals surface area contributed by atoms with E-state index in [1.54, 1.807) is 18.0 Å². The van der Waals surface area contributed by atoms with Crippen LogP contribution in [-0.4, -0.2) is 60.7 Å². The van der Waals surface area contributed by atoms with Gasteiger partial charge in [-0.3, -0.25) is 9.59 Å². The Morgan fingerprint density at radius 1 is 1.50 bits per heavy atom. The molecule has 2 rings (SSSR count). The summed E-state index contributed by atoms with van der Waals surface area (Å²) in [5, 5.41) is 5.22. The average molecular weight is 355 g/mol. The fourth-order valence-corrected chi connectivity index (χ4v) is 3.17. The van der Waals surface area contributed by atoms with Crippen LogP contribution in [0.2, 0.25) is 0 Å². The SMILES string of the molecule is CCOCCOC(C)C(=O)N1CCCC(C(=O)Nc2nccs2)C1. The van der Waals surface area contributed by atoms with Crippen molar-refractivity contribution in [2.45, 2.75) is 32.8 Å². The predicted octanol–water partition coefficient (Wildman–Crippen LogP) is 1.76. The van der Waals surface area contributed by atoms with Gasteiger partial charge in [0.2, 0.25) is 5.91 Å². The molecule has 24 heavy (non-hydrogen) atoms. The molecule has 0 radical (unpaired) electrons. The normalized spacial score (nSPS) is 19.1. The first-order valence-electron chi connectivity index (χ1n) is 8.30. The molecule has 134 valence electrons. The topological polar surface area (TPSA) is 80.8 Å². The number of thiazole rings is 1. The van der Waals surface area contributed by atoms with Crippen LogP contribution in [0, 0.1) is 5.92 Å². The quantitative estimate of drug-likeness (QED) is 0.719. The highest BCUT2D eigenvalue weighted by Crippen LogP contribution is 2.20. The van der Waals surface area contributed by atoms with Crippen LogP contribution in [0.3, 0.4) is 0 Å². The second-order valence-electron chi connectivity index (χ2n) is 5.66. The molecular weight excluding hydrogens is 330 g/mol. The largest absolute Gasteiger partial charge is 0.379 e. The average Bonchev–Trinajstić information content (AvgIpc) is 3.11. The molecule has 0 spiro atoms. The lowest BCUT2D eigenvalue weighted by Gasteiger charge is -2.33. The van der Waals surface area contributed by atoms with Crippen molar-refractivity contribution in [2.24, 2.45) is 5.92 Å². The van der Waals surface area contributed by atoms with E-state index in [0.29, 0.717) is 38.0 Å². The van der Waals surface area contributed by atoms with Gasteiger partial charge in [0.15, 0.2) is 5.13 Å². The highest BCUT2D eigenvalue weighted by atomic mass is 32.1. The lowest BCUT2D eigenvalue weighted by atomic mass is 9.97. The summed E-state index contributed by atoms with van der Waals surface area (Å²) < 4.78 is 10.7. The summed E-state index contributed by atoms with van der Waals surface area (Å²) in [7, 11) is 0. The fraction of sp³-hybridized carbons (Fsp3) is 0.688. The van der Waals surface area contributed by atoms with E-state index in [0.717, 1.165) is 12.8 Å². The van der Waals surface area contributed by atoms with Gasteiger partial charge in [-0.25, -0.2) is 4.98 Å². The van der Waals surface area contributed by atoms with Gasteiger partial charge < -0.3 is 19.7 Å². The molecule has 2 atom stereocenters. The van der Waals surface area contributed by atoms with Gasteiger partial charge in [0.1, 0.15) is 6.10 Å². The molecular formula is C16H25N3O4S. The molecule has 0 saturated carbocycles. The molecule has 1 aromatic rings. The Morgan fingerprint density at radius 3 is 3.04 bits per heavy atom. The number of rotatable bonds is 8. The van der Waals surface area contributed by atoms with Crippen LogP contribution >= 0.6 is 11.3 Å². The van der Waals surface area contributed by atoms with E-state index in [1.807, 2.05) is 12.3 Å². The Morgan fingerprint density at radius 2 is 2.33 bits per heavy atom. The van der Waals surface area contributed by atoms with Crippen molar-refractivity contribution in [3.63, 3.8) is 0 Å². The number of carbonyl (C=O) groups is 2. The van der Waals surface area contributed by atoms with E-state index >= 15 is 0 Å². The van der Waals surface area contributed by atoms with Crippen molar-refractivity contribution in [1.82, 2.24) is 9.88 Å². The summed E-state index contributed by atoms with van der Waals surface area (Å²) in [5.41, 5.74) is 0. The second kappa shape index (κ2) is 9.71. The first-order chi connectivity index (χ1) is 11.6. The van der Waals surface area contributed by atoms with Gasteiger partial charge in [-0.2, -0.15) is 0 Å². The van der Waals surface area contributed by atoms with Gasteiger partial charge in [-0.15, -0.1) is 11.3 Å². The molecule has 1 N–H and O–H groups in total. The highest BCUT2D eigenvalue weighted by Gasteiger charge is 2.30. The zero-order valence-electron chi connectivity index (χ0n) is 14.2. The Kier molecular flexibility index (Phi) is 7.61. The third-order valence-electron chi connectivity index (χ3n) is 3.91. The van der Waals surface area contributed by atoms with Crippen LogP contribution < -0.4 is 5.32 Å². The lowest BCUT2D eigenvalue weighted by molar-refractivity contribution is -0.146. The molecule has 2 unspecified atom stereocenters. The summed E-state index contributed by atoms with van der Waals surface area (Å²) in [6.45, 7) is 6.25. The van der Waals surface area contributed by atoms with Gasteiger partial charge in [0.25, 0.3) is 5.91 Å². The van der Waals surface area contributed by atoms with Crippen molar-refractivity contribution in [2.75, 3.05) is 38.2 Å². The molecule has 8 heteroatoms. The number of ether oxygens (including phenoxy) is 2. The molecule has 1 fully saturated rings. The number of piperidine rings is 1. The summed E-state index contributed by atoms with van der Waals surface area (Å²) in [6, 6.07) is 0. The standard InChI is InChI=1S/C16H25N3O4S/c1-3-22-8-9-23-12(2)15(21)19-7-4-5-13(11-19)14(20)18-16-17-6-10-24-16/h6,10,12-13H,3-5,7-9,11H2,1-2H3,(H,17,18,20). The van der Waals surface area contributed by atoms with Gasteiger partial charge in [-0.05, 0) is 26.7 Å². The summed E-state index contributed by atoms with van der Waals surface area (Å²) >= 11 is 1.38. The molecule has 0 aromatic carbocycles. The third-order valence-corrected chi connectivity index (χ3v) is 4.60.